The number of rotatable bonds is 0. The maximum absolute atomic E-state index is 8.56. The van der Waals surface area contributed by atoms with E-state index in [9.17, 15) is 0 Å². The first-order valence-electron chi connectivity index (χ1n) is 0.651. The minimum atomic E-state index is -1.83. The molecule has 0 radical (unpaired) electrons. The van der Waals surface area contributed by atoms with Crippen molar-refractivity contribution in [3.63, 3.8) is 0 Å². The van der Waals surface area contributed by atoms with E-state index in [0.717, 1.165) is 0 Å². The van der Waals surface area contributed by atoms with E-state index in [0.29, 0.717) is 0 Å². The van der Waals surface area contributed by atoms with Crippen LogP contribution >= 0.6 is 0 Å². The predicted octanol–water partition coefficient (Wildman–Crippen LogP) is -3.15. The standard InChI is InChI=1S/CH2O3.Ba.Li/c2-1(3)4;;/h(H2,2,3,4);;/q;+2;+1. The third-order valence-electron chi connectivity index (χ3n) is 0. The quantitative estimate of drug-likeness (QED) is 0.412. The molecule has 0 saturated heterocycles. The van der Waals surface area contributed by atoms with Gasteiger partial charge in [-0.3, -0.25) is 0 Å². The van der Waals surface area contributed by atoms with Crippen molar-refractivity contribution >= 4 is 55.0 Å². The normalized spacial score (nSPS) is 4.00. The molecule has 0 saturated carbocycles. The van der Waals surface area contributed by atoms with Crippen LogP contribution in [0.5, 0.6) is 0 Å². The van der Waals surface area contributed by atoms with E-state index in [4.69, 9.17) is 15.0 Å². The number of carboxylic acid groups (broad SMARTS) is 2. The summed E-state index contributed by atoms with van der Waals surface area (Å²) in [5, 5.41) is 13.9. The predicted molar refractivity (Wildman–Crippen MR) is 16.4 cm³/mol. The first-order valence-corrected chi connectivity index (χ1v) is 0.651. The van der Waals surface area contributed by atoms with Gasteiger partial charge >= 0.3 is 73.9 Å². The molecule has 0 aliphatic carbocycles. The molecule has 6 heavy (non-hydrogen) atoms. The average molecular weight is 206 g/mol. The van der Waals surface area contributed by atoms with Gasteiger partial charge in [0.1, 0.15) is 0 Å². The van der Waals surface area contributed by atoms with E-state index in [1.807, 2.05) is 0 Å². The van der Waals surface area contributed by atoms with Gasteiger partial charge in [0.25, 0.3) is 0 Å². The fraction of sp³-hybridized carbons (Fsp3) is 0. The zero-order valence-electron chi connectivity index (χ0n) is 3.51. The van der Waals surface area contributed by atoms with Crippen LogP contribution < -0.4 is 18.9 Å². The smallest absolute Gasteiger partial charge is 0.450 e. The topological polar surface area (TPSA) is 57.5 Å². The van der Waals surface area contributed by atoms with Crippen LogP contribution in [0.25, 0.3) is 0 Å². The third kappa shape index (κ3) is 51.8. The Labute approximate surface area is 87.4 Å². The van der Waals surface area contributed by atoms with Gasteiger partial charge in [-0.1, -0.05) is 0 Å². The summed E-state index contributed by atoms with van der Waals surface area (Å²) in [6.07, 6.45) is -1.83. The van der Waals surface area contributed by atoms with Crippen molar-refractivity contribution in [3.8, 4) is 0 Å². The molecular formula is CH2BaLiO3+3. The largest absolute Gasteiger partial charge is 2.00 e. The Morgan fingerprint density at radius 1 is 1.33 bits per heavy atom. The van der Waals surface area contributed by atoms with E-state index in [-0.39, 0.29) is 67.7 Å². The molecule has 0 atom stereocenters. The number of hydrogen-bond donors (Lipinski definition) is 2. The zero-order chi connectivity index (χ0) is 3.58. The molecule has 2 N–H and O–H groups in total. The summed E-state index contributed by atoms with van der Waals surface area (Å²) in [7, 11) is 0. The third-order valence-corrected chi connectivity index (χ3v) is 0. The molecule has 0 aromatic rings. The van der Waals surface area contributed by atoms with Crippen molar-refractivity contribution in [2.75, 3.05) is 0 Å². The Bertz CT molecular complexity index is 33.8. The Morgan fingerprint density at radius 2 is 1.33 bits per heavy atom. The summed E-state index contributed by atoms with van der Waals surface area (Å²) in [4.78, 5) is 8.56. The second kappa shape index (κ2) is 9.67. The van der Waals surface area contributed by atoms with Crippen LogP contribution in [0.3, 0.4) is 0 Å². The van der Waals surface area contributed by atoms with E-state index < -0.39 is 6.16 Å². The van der Waals surface area contributed by atoms with E-state index in [2.05, 4.69) is 0 Å². The molecule has 24 valence electrons. The monoisotopic (exact) mass is 207 g/mol. The first kappa shape index (κ1) is 15.7. The van der Waals surface area contributed by atoms with Crippen molar-refractivity contribution in [1.29, 1.82) is 0 Å². The molecule has 0 rings (SSSR count). The Hall–Kier alpha value is 1.44. The van der Waals surface area contributed by atoms with Gasteiger partial charge in [0.05, 0.1) is 0 Å². The minimum Gasteiger partial charge on any atom is -0.450 e. The van der Waals surface area contributed by atoms with Crippen LogP contribution in [-0.4, -0.2) is 65.2 Å². The second-order valence-electron chi connectivity index (χ2n) is 0.283. The van der Waals surface area contributed by atoms with Crippen molar-refractivity contribution < 1.29 is 33.9 Å². The molecular weight excluding hydrogens is 204 g/mol. The van der Waals surface area contributed by atoms with Gasteiger partial charge in [-0.15, -0.1) is 0 Å². The molecule has 0 aromatic heterocycles. The zero-order valence-corrected chi connectivity index (χ0v) is 7.95. The SMILES string of the molecule is O=C(O)O.[Ba+2].[Li+]. The maximum atomic E-state index is 8.56. The molecule has 0 aromatic carbocycles. The van der Waals surface area contributed by atoms with Crippen LogP contribution in [0.2, 0.25) is 0 Å². The summed E-state index contributed by atoms with van der Waals surface area (Å²) in [5.41, 5.74) is 0. The second-order valence-corrected chi connectivity index (χ2v) is 0.283. The Morgan fingerprint density at radius 3 is 1.33 bits per heavy atom. The summed E-state index contributed by atoms with van der Waals surface area (Å²) < 4.78 is 0. The van der Waals surface area contributed by atoms with Crippen molar-refractivity contribution in [3.05, 3.63) is 0 Å². The van der Waals surface area contributed by atoms with E-state index >= 15 is 0 Å². The van der Waals surface area contributed by atoms with Crippen LogP contribution in [0.1, 0.15) is 0 Å². The fourth-order valence-corrected chi connectivity index (χ4v) is 0. The molecule has 0 bridgehead atoms. The molecule has 0 amide bonds. The van der Waals surface area contributed by atoms with Gasteiger partial charge in [-0.05, 0) is 0 Å². The van der Waals surface area contributed by atoms with Crippen LogP contribution in [0.4, 0.5) is 4.79 Å². The maximum Gasteiger partial charge on any atom is 2.00 e. The molecule has 0 fully saturated rings. The summed E-state index contributed by atoms with van der Waals surface area (Å²) in [5.74, 6) is 0. The van der Waals surface area contributed by atoms with Gasteiger partial charge in [0.15, 0.2) is 0 Å². The van der Waals surface area contributed by atoms with Crippen molar-refractivity contribution in [1.82, 2.24) is 0 Å². The van der Waals surface area contributed by atoms with Crippen LogP contribution in [-0.2, 0) is 0 Å². The molecule has 0 unspecified atom stereocenters. The van der Waals surface area contributed by atoms with Crippen LogP contribution in [0, 0.1) is 0 Å². The molecule has 0 aliphatic rings. The fourth-order valence-electron chi connectivity index (χ4n) is 0. The minimum absolute atomic E-state index is 0. The van der Waals surface area contributed by atoms with Gasteiger partial charge in [0.2, 0.25) is 0 Å². The average Bonchev–Trinajstić information content (AvgIpc) is 0.811. The van der Waals surface area contributed by atoms with Crippen molar-refractivity contribution in [2.45, 2.75) is 0 Å². The molecule has 0 aliphatic heterocycles. The summed E-state index contributed by atoms with van der Waals surface area (Å²) in [6, 6.07) is 0. The molecule has 0 heterocycles. The number of hydrogen-bond acceptors (Lipinski definition) is 1. The first-order chi connectivity index (χ1) is 1.73. The van der Waals surface area contributed by atoms with Crippen molar-refractivity contribution in [2.24, 2.45) is 0 Å². The Balaban J connectivity index is -0.0000000450. The van der Waals surface area contributed by atoms with Gasteiger partial charge in [-0.25, -0.2) is 4.79 Å². The molecule has 0 spiro atoms. The van der Waals surface area contributed by atoms with Crippen LogP contribution in [0.15, 0.2) is 0 Å². The van der Waals surface area contributed by atoms with Gasteiger partial charge in [0, 0.05) is 0 Å². The van der Waals surface area contributed by atoms with Gasteiger partial charge in [-0.2, -0.15) is 0 Å². The number of carbonyl (C=O) groups is 1. The summed E-state index contributed by atoms with van der Waals surface area (Å²) >= 11 is 0. The molecule has 3 nitrogen and oxygen atoms in total. The van der Waals surface area contributed by atoms with E-state index in [1.165, 1.54) is 0 Å². The summed E-state index contributed by atoms with van der Waals surface area (Å²) in [6.45, 7) is 0. The Kier molecular flexibility index (Phi) is 25.2. The molecule has 5 heteroatoms. The van der Waals surface area contributed by atoms with E-state index in [1.54, 1.807) is 0 Å². The van der Waals surface area contributed by atoms with Gasteiger partial charge < -0.3 is 10.2 Å².